The minimum atomic E-state index is -0.508. The number of aromatic nitrogens is 1. The van der Waals surface area contributed by atoms with Gasteiger partial charge in [0, 0.05) is 24.3 Å². The number of rotatable bonds is 4. The van der Waals surface area contributed by atoms with E-state index in [9.17, 15) is 9.18 Å². The maximum atomic E-state index is 13.3. The molecule has 1 fully saturated rings. The van der Waals surface area contributed by atoms with E-state index in [1.165, 1.54) is 12.3 Å². The lowest BCUT2D eigenvalue weighted by Gasteiger charge is -2.27. The fourth-order valence-corrected chi connectivity index (χ4v) is 2.87. The van der Waals surface area contributed by atoms with Crippen LogP contribution in [0.2, 0.25) is 0 Å². The van der Waals surface area contributed by atoms with Gasteiger partial charge in [-0.05, 0) is 58.6 Å². The van der Waals surface area contributed by atoms with Crippen LogP contribution in [0.4, 0.5) is 9.18 Å². The van der Waals surface area contributed by atoms with Crippen LogP contribution in [0.25, 0.3) is 0 Å². The van der Waals surface area contributed by atoms with Crippen LogP contribution in [0.15, 0.2) is 18.5 Å². The number of halogens is 1. The molecule has 1 aromatic rings. The minimum absolute atomic E-state index is 0.0221. The predicted molar refractivity (Wildman–Crippen MR) is 86.5 cm³/mol. The quantitative estimate of drug-likeness (QED) is 0.892. The van der Waals surface area contributed by atoms with Gasteiger partial charge in [-0.25, -0.2) is 9.18 Å². The van der Waals surface area contributed by atoms with E-state index in [-0.39, 0.29) is 23.9 Å². The Morgan fingerprint density at radius 3 is 2.70 bits per heavy atom. The van der Waals surface area contributed by atoms with Crippen molar-refractivity contribution in [3.05, 3.63) is 29.8 Å². The molecular formula is C17H26FN3O2. The van der Waals surface area contributed by atoms with Crippen LogP contribution in [-0.4, -0.2) is 28.8 Å². The van der Waals surface area contributed by atoms with Crippen molar-refractivity contribution in [2.45, 2.75) is 70.7 Å². The molecule has 2 N–H and O–H groups in total. The van der Waals surface area contributed by atoms with Gasteiger partial charge in [0.1, 0.15) is 11.4 Å². The van der Waals surface area contributed by atoms with E-state index in [0.29, 0.717) is 0 Å². The number of carbonyl (C=O) groups excluding carboxylic acids is 1. The zero-order valence-corrected chi connectivity index (χ0v) is 14.2. The van der Waals surface area contributed by atoms with Gasteiger partial charge in [-0.15, -0.1) is 0 Å². The van der Waals surface area contributed by atoms with Crippen molar-refractivity contribution in [1.82, 2.24) is 15.6 Å². The lowest BCUT2D eigenvalue weighted by Crippen LogP contribution is -2.48. The molecule has 0 radical (unpaired) electrons. The van der Waals surface area contributed by atoms with Crippen LogP contribution in [0, 0.1) is 5.82 Å². The summed E-state index contributed by atoms with van der Waals surface area (Å²) in [5.74, 6) is -0.342. The molecule has 0 aromatic carbocycles. The van der Waals surface area contributed by atoms with Gasteiger partial charge in [-0.3, -0.25) is 4.98 Å². The monoisotopic (exact) mass is 323 g/mol. The Labute approximate surface area is 137 Å². The van der Waals surface area contributed by atoms with Crippen LogP contribution in [0.5, 0.6) is 0 Å². The van der Waals surface area contributed by atoms with Crippen molar-refractivity contribution in [3.63, 3.8) is 0 Å². The van der Waals surface area contributed by atoms with Gasteiger partial charge in [-0.2, -0.15) is 0 Å². The number of nitrogens with one attached hydrogen (secondary N) is 2. The molecule has 0 bridgehead atoms. The summed E-state index contributed by atoms with van der Waals surface area (Å²) < 4.78 is 18.6. The van der Waals surface area contributed by atoms with Crippen LogP contribution < -0.4 is 10.6 Å². The number of ether oxygens (including phenoxy) is 1. The number of hydrogen-bond donors (Lipinski definition) is 2. The standard InChI is InChI=1S/C17H26FN3O2/c1-11(12-8-13(18)10-19-9-12)20-14-6-5-7-15(14)21-16(22)23-17(2,3)4/h8-11,14-15,20H,5-7H2,1-4H3,(H,21,22). The molecule has 3 atom stereocenters. The molecule has 1 aliphatic carbocycles. The van der Waals surface area contributed by atoms with Gasteiger partial charge in [0.05, 0.1) is 6.20 Å². The van der Waals surface area contributed by atoms with Crippen LogP contribution in [0.3, 0.4) is 0 Å². The summed E-state index contributed by atoms with van der Waals surface area (Å²) in [6.07, 6.45) is 5.37. The third kappa shape index (κ3) is 5.46. The van der Waals surface area contributed by atoms with Crippen molar-refractivity contribution in [2.24, 2.45) is 0 Å². The first-order chi connectivity index (χ1) is 10.7. The molecule has 128 valence electrons. The number of amides is 1. The summed E-state index contributed by atoms with van der Waals surface area (Å²) in [6, 6.07) is 1.61. The third-order valence-corrected chi connectivity index (χ3v) is 3.91. The molecule has 0 saturated heterocycles. The molecular weight excluding hydrogens is 297 g/mol. The van der Waals surface area contributed by atoms with E-state index >= 15 is 0 Å². The highest BCUT2D eigenvalue weighted by Gasteiger charge is 2.31. The third-order valence-electron chi connectivity index (χ3n) is 3.91. The summed E-state index contributed by atoms with van der Waals surface area (Å²) >= 11 is 0. The molecule has 3 unspecified atom stereocenters. The topological polar surface area (TPSA) is 63.2 Å². The second-order valence-electron chi connectivity index (χ2n) is 7.11. The number of pyridine rings is 1. The van der Waals surface area contributed by atoms with Crippen molar-refractivity contribution in [1.29, 1.82) is 0 Å². The largest absolute Gasteiger partial charge is 0.444 e. The molecule has 1 amide bonds. The molecule has 23 heavy (non-hydrogen) atoms. The zero-order chi connectivity index (χ0) is 17.0. The smallest absolute Gasteiger partial charge is 0.407 e. The van der Waals surface area contributed by atoms with Crippen LogP contribution >= 0.6 is 0 Å². The Kier molecular flexibility index (Phi) is 5.57. The Balaban J connectivity index is 1.92. The maximum Gasteiger partial charge on any atom is 0.407 e. The van der Waals surface area contributed by atoms with Crippen molar-refractivity contribution in [2.75, 3.05) is 0 Å². The van der Waals surface area contributed by atoms with Crippen LogP contribution in [0.1, 0.15) is 58.6 Å². The molecule has 0 aliphatic heterocycles. The SMILES string of the molecule is CC(NC1CCCC1NC(=O)OC(C)(C)C)c1cncc(F)c1. The average molecular weight is 323 g/mol. The van der Waals surface area contributed by atoms with Gasteiger partial charge in [0.25, 0.3) is 0 Å². The van der Waals surface area contributed by atoms with Crippen molar-refractivity contribution >= 4 is 6.09 Å². The summed E-state index contributed by atoms with van der Waals surface area (Å²) in [4.78, 5) is 15.8. The maximum absolute atomic E-state index is 13.3. The lowest BCUT2D eigenvalue weighted by atomic mass is 10.1. The summed E-state index contributed by atoms with van der Waals surface area (Å²) in [7, 11) is 0. The first-order valence-corrected chi connectivity index (χ1v) is 8.10. The Morgan fingerprint density at radius 1 is 1.35 bits per heavy atom. The number of carbonyl (C=O) groups is 1. The normalized spacial score (nSPS) is 22.7. The molecule has 5 nitrogen and oxygen atoms in total. The van der Waals surface area contributed by atoms with Gasteiger partial charge in [0.2, 0.25) is 0 Å². The first-order valence-electron chi connectivity index (χ1n) is 8.10. The lowest BCUT2D eigenvalue weighted by molar-refractivity contribution is 0.0497. The van der Waals surface area contributed by atoms with Crippen molar-refractivity contribution in [3.8, 4) is 0 Å². The Bertz CT molecular complexity index is 545. The molecule has 0 spiro atoms. The highest BCUT2D eigenvalue weighted by atomic mass is 19.1. The van der Waals surface area contributed by atoms with E-state index in [1.54, 1.807) is 6.20 Å². The van der Waals surface area contributed by atoms with E-state index in [4.69, 9.17) is 4.74 Å². The summed E-state index contributed by atoms with van der Waals surface area (Å²) in [5, 5.41) is 6.40. The molecule has 2 rings (SSSR count). The second kappa shape index (κ2) is 7.25. The van der Waals surface area contributed by atoms with Gasteiger partial charge in [0.15, 0.2) is 0 Å². The average Bonchev–Trinajstić information content (AvgIpc) is 2.83. The van der Waals surface area contributed by atoms with Gasteiger partial charge >= 0.3 is 6.09 Å². The Morgan fingerprint density at radius 2 is 2.04 bits per heavy atom. The van der Waals surface area contributed by atoms with Gasteiger partial charge < -0.3 is 15.4 Å². The van der Waals surface area contributed by atoms with E-state index in [0.717, 1.165) is 24.8 Å². The second-order valence-corrected chi connectivity index (χ2v) is 7.11. The minimum Gasteiger partial charge on any atom is -0.444 e. The van der Waals surface area contributed by atoms with E-state index in [2.05, 4.69) is 15.6 Å². The molecule has 6 heteroatoms. The fourth-order valence-electron chi connectivity index (χ4n) is 2.87. The van der Waals surface area contributed by atoms with E-state index < -0.39 is 11.7 Å². The van der Waals surface area contributed by atoms with E-state index in [1.807, 2.05) is 27.7 Å². The first kappa shape index (κ1) is 17.7. The number of alkyl carbamates (subject to hydrolysis) is 1. The number of hydrogen-bond acceptors (Lipinski definition) is 4. The molecule has 1 aliphatic rings. The Hall–Kier alpha value is -1.69. The fraction of sp³-hybridized carbons (Fsp3) is 0.647. The predicted octanol–water partition coefficient (Wildman–Crippen LogP) is 3.32. The zero-order valence-electron chi connectivity index (χ0n) is 14.2. The molecule has 1 saturated carbocycles. The highest BCUT2D eigenvalue weighted by Crippen LogP contribution is 2.23. The summed E-state index contributed by atoms with van der Waals surface area (Å²) in [6.45, 7) is 7.50. The summed E-state index contributed by atoms with van der Waals surface area (Å²) in [5.41, 5.74) is 0.291. The molecule has 1 heterocycles. The van der Waals surface area contributed by atoms with Crippen molar-refractivity contribution < 1.29 is 13.9 Å². The number of nitrogens with zero attached hydrogens (tertiary/aromatic N) is 1. The van der Waals surface area contributed by atoms with Crippen LogP contribution in [-0.2, 0) is 4.74 Å². The molecule has 1 aromatic heterocycles. The van der Waals surface area contributed by atoms with Gasteiger partial charge in [-0.1, -0.05) is 0 Å². The highest BCUT2D eigenvalue weighted by molar-refractivity contribution is 5.68.